The Morgan fingerprint density at radius 3 is 2.31 bits per heavy atom. The summed E-state index contributed by atoms with van der Waals surface area (Å²) in [4.78, 5) is 23.5. The van der Waals surface area contributed by atoms with Crippen LogP contribution < -0.4 is 10.6 Å². The average Bonchev–Trinajstić information content (AvgIpc) is 3.07. The van der Waals surface area contributed by atoms with Crippen LogP contribution in [-0.4, -0.2) is 28.7 Å². The minimum atomic E-state index is -1.15. The Morgan fingerprint density at radius 1 is 1.00 bits per heavy atom. The van der Waals surface area contributed by atoms with Crippen LogP contribution in [0.2, 0.25) is 0 Å². The number of hydrogen-bond donors (Lipinski definition) is 3. The summed E-state index contributed by atoms with van der Waals surface area (Å²) in [6.07, 6.45) is 0.154. The minimum Gasteiger partial charge on any atom is -0.477 e. The third kappa shape index (κ3) is 4.07. The van der Waals surface area contributed by atoms with E-state index in [1.165, 1.54) is 0 Å². The fraction of sp³-hybridized carbons (Fsp3) is 0.105. The van der Waals surface area contributed by atoms with Crippen molar-refractivity contribution in [3.63, 3.8) is 0 Å². The van der Waals surface area contributed by atoms with Crippen molar-refractivity contribution in [1.82, 2.24) is 5.16 Å². The number of nitrogens with zero attached hydrogens (tertiary/aromatic N) is 1. The summed E-state index contributed by atoms with van der Waals surface area (Å²) < 4.78 is 5.20. The molecule has 2 aromatic carbocycles. The van der Waals surface area contributed by atoms with Crippen LogP contribution in [-0.2, 0) is 4.79 Å². The van der Waals surface area contributed by atoms with E-state index >= 15 is 0 Å². The number of hydrogen-bond acceptors (Lipinski definition) is 5. The number of para-hydroxylation sites is 1. The Labute approximate surface area is 149 Å². The molecule has 3 aromatic rings. The molecule has 1 aromatic heterocycles. The first-order valence-corrected chi connectivity index (χ1v) is 8.02. The van der Waals surface area contributed by atoms with Gasteiger partial charge in [0.25, 0.3) is 0 Å². The van der Waals surface area contributed by atoms with Gasteiger partial charge in [-0.3, -0.25) is 4.79 Å². The summed E-state index contributed by atoms with van der Waals surface area (Å²) >= 11 is 0. The maximum atomic E-state index is 11.9. The summed E-state index contributed by atoms with van der Waals surface area (Å²) in [6.45, 7) is 0.222. The van der Waals surface area contributed by atoms with E-state index in [1.54, 1.807) is 36.4 Å². The van der Waals surface area contributed by atoms with E-state index in [0.717, 1.165) is 0 Å². The smallest absolute Gasteiger partial charge is 0.343 e. The van der Waals surface area contributed by atoms with Gasteiger partial charge in [-0.05, 0) is 12.1 Å². The molecule has 1 amide bonds. The van der Waals surface area contributed by atoms with Gasteiger partial charge in [0.1, 0.15) is 0 Å². The molecule has 7 nitrogen and oxygen atoms in total. The summed E-state index contributed by atoms with van der Waals surface area (Å²) in [5.74, 6) is -1.06. The predicted octanol–water partition coefficient (Wildman–Crippen LogP) is 3.48. The first kappa shape index (κ1) is 17.2. The number of rotatable bonds is 7. The van der Waals surface area contributed by atoms with Gasteiger partial charge in [-0.2, -0.15) is 0 Å². The van der Waals surface area contributed by atoms with Crippen molar-refractivity contribution in [2.45, 2.75) is 6.42 Å². The molecular weight excluding hydrogens is 334 g/mol. The molecule has 132 valence electrons. The second-order valence-corrected chi connectivity index (χ2v) is 5.50. The van der Waals surface area contributed by atoms with E-state index in [0.29, 0.717) is 11.3 Å². The standard InChI is InChI=1S/C19H17N3O4/c23-15(21-14-9-5-2-6-10-14)11-12-20-18-16(19(24)25)17(26-22-18)13-7-3-1-4-8-13/h1-10H,11-12H2,(H,20,22)(H,21,23)(H,24,25). The van der Waals surface area contributed by atoms with Crippen molar-refractivity contribution in [3.8, 4) is 11.3 Å². The molecule has 0 radical (unpaired) electrons. The van der Waals surface area contributed by atoms with Crippen molar-refractivity contribution < 1.29 is 19.2 Å². The number of nitrogens with one attached hydrogen (secondary N) is 2. The van der Waals surface area contributed by atoms with Gasteiger partial charge in [0.05, 0.1) is 0 Å². The normalized spacial score (nSPS) is 10.3. The number of carboxylic acids is 1. The molecule has 7 heteroatoms. The Morgan fingerprint density at radius 2 is 1.65 bits per heavy atom. The lowest BCUT2D eigenvalue weighted by Crippen LogP contribution is -2.17. The lowest BCUT2D eigenvalue weighted by atomic mass is 10.1. The van der Waals surface area contributed by atoms with Crippen LogP contribution in [0.4, 0.5) is 11.5 Å². The highest BCUT2D eigenvalue weighted by atomic mass is 16.5. The molecule has 0 saturated heterocycles. The van der Waals surface area contributed by atoms with Crippen LogP contribution >= 0.6 is 0 Å². The Kier molecular flexibility index (Phi) is 5.28. The number of carbonyl (C=O) groups is 2. The molecule has 0 fully saturated rings. The van der Waals surface area contributed by atoms with Gasteiger partial charge in [0, 0.05) is 24.2 Å². The summed E-state index contributed by atoms with van der Waals surface area (Å²) in [6, 6.07) is 18.0. The van der Waals surface area contributed by atoms with Crippen LogP contribution in [0.25, 0.3) is 11.3 Å². The number of anilines is 2. The number of benzene rings is 2. The predicted molar refractivity (Wildman–Crippen MR) is 97.1 cm³/mol. The highest BCUT2D eigenvalue weighted by molar-refractivity contribution is 5.99. The molecule has 0 atom stereocenters. The maximum absolute atomic E-state index is 11.9. The van der Waals surface area contributed by atoms with Gasteiger partial charge in [-0.15, -0.1) is 0 Å². The number of aromatic carboxylic acids is 1. The monoisotopic (exact) mass is 351 g/mol. The molecular formula is C19H17N3O4. The summed E-state index contributed by atoms with van der Waals surface area (Å²) in [7, 11) is 0. The number of carbonyl (C=O) groups excluding carboxylic acids is 1. The number of amides is 1. The lowest BCUT2D eigenvalue weighted by molar-refractivity contribution is -0.115. The topological polar surface area (TPSA) is 104 Å². The van der Waals surface area contributed by atoms with Crippen molar-refractivity contribution in [1.29, 1.82) is 0 Å². The van der Waals surface area contributed by atoms with Crippen molar-refractivity contribution in [3.05, 3.63) is 66.2 Å². The Balaban J connectivity index is 1.64. The van der Waals surface area contributed by atoms with Gasteiger partial charge in [0.2, 0.25) is 5.91 Å². The molecule has 1 heterocycles. The van der Waals surface area contributed by atoms with Crippen molar-refractivity contribution >= 4 is 23.4 Å². The first-order chi connectivity index (χ1) is 12.6. The minimum absolute atomic E-state index is 0.0559. The van der Waals surface area contributed by atoms with Crippen LogP contribution in [0, 0.1) is 0 Å². The highest BCUT2D eigenvalue weighted by Crippen LogP contribution is 2.29. The fourth-order valence-electron chi connectivity index (χ4n) is 2.44. The summed E-state index contributed by atoms with van der Waals surface area (Å²) in [5, 5.41) is 18.9. The fourth-order valence-corrected chi connectivity index (χ4v) is 2.44. The summed E-state index contributed by atoms with van der Waals surface area (Å²) in [5.41, 5.74) is 1.27. The zero-order valence-electron chi connectivity index (χ0n) is 13.8. The molecule has 0 saturated carbocycles. The highest BCUT2D eigenvalue weighted by Gasteiger charge is 2.23. The lowest BCUT2D eigenvalue weighted by Gasteiger charge is -2.06. The second-order valence-electron chi connectivity index (χ2n) is 5.50. The quantitative estimate of drug-likeness (QED) is 0.602. The van der Waals surface area contributed by atoms with E-state index < -0.39 is 5.97 Å². The van der Waals surface area contributed by atoms with E-state index in [-0.39, 0.29) is 36.0 Å². The van der Waals surface area contributed by atoms with Crippen LogP contribution in [0.1, 0.15) is 16.8 Å². The molecule has 0 aliphatic rings. The second kappa shape index (κ2) is 7.98. The third-order valence-electron chi connectivity index (χ3n) is 3.64. The van der Waals surface area contributed by atoms with Crippen LogP contribution in [0.5, 0.6) is 0 Å². The van der Waals surface area contributed by atoms with Crippen molar-refractivity contribution in [2.24, 2.45) is 0 Å². The zero-order chi connectivity index (χ0) is 18.4. The number of aromatic nitrogens is 1. The zero-order valence-corrected chi connectivity index (χ0v) is 13.8. The molecule has 3 rings (SSSR count). The Hall–Kier alpha value is -3.61. The molecule has 0 unspecified atom stereocenters. The van der Waals surface area contributed by atoms with Crippen LogP contribution in [0.15, 0.2) is 65.2 Å². The van der Waals surface area contributed by atoms with E-state index in [4.69, 9.17) is 4.52 Å². The maximum Gasteiger partial charge on any atom is 0.343 e. The van der Waals surface area contributed by atoms with E-state index in [9.17, 15) is 14.7 Å². The molecule has 0 aliphatic heterocycles. The third-order valence-corrected chi connectivity index (χ3v) is 3.64. The Bertz CT molecular complexity index is 892. The van der Waals surface area contributed by atoms with Gasteiger partial charge >= 0.3 is 5.97 Å². The first-order valence-electron chi connectivity index (χ1n) is 8.02. The van der Waals surface area contributed by atoms with Crippen molar-refractivity contribution in [2.75, 3.05) is 17.2 Å². The average molecular weight is 351 g/mol. The van der Waals surface area contributed by atoms with Crippen LogP contribution in [0.3, 0.4) is 0 Å². The number of carboxylic acid groups (broad SMARTS) is 1. The van der Waals surface area contributed by atoms with Gasteiger partial charge < -0.3 is 20.3 Å². The molecule has 26 heavy (non-hydrogen) atoms. The van der Waals surface area contributed by atoms with Gasteiger partial charge in [0.15, 0.2) is 17.1 Å². The molecule has 3 N–H and O–H groups in total. The van der Waals surface area contributed by atoms with Gasteiger partial charge in [-0.1, -0.05) is 53.7 Å². The van der Waals surface area contributed by atoms with E-state index in [2.05, 4.69) is 15.8 Å². The van der Waals surface area contributed by atoms with E-state index in [1.807, 2.05) is 24.3 Å². The molecule has 0 spiro atoms. The van der Waals surface area contributed by atoms with Gasteiger partial charge in [-0.25, -0.2) is 4.79 Å². The molecule has 0 bridgehead atoms. The largest absolute Gasteiger partial charge is 0.477 e. The molecule has 0 aliphatic carbocycles. The SMILES string of the molecule is O=C(CCNc1noc(-c2ccccc2)c1C(=O)O)Nc1ccccc1.